The van der Waals surface area contributed by atoms with Crippen LogP contribution in [0.1, 0.15) is 34.1 Å². The first-order chi connectivity index (χ1) is 5.16. The van der Waals surface area contributed by atoms with E-state index in [2.05, 4.69) is 44.8 Å². The lowest BCUT2D eigenvalue weighted by Gasteiger charge is -1.98. The van der Waals surface area contributed by atoms with Crippen LogP contribution < -0.4 is 0 Å². The van der Waals surface area contributed by atoms with Gasteiger partial charge in [0, 0.05) is 0 Å². The van der Waals surface area contributed by atoms with Gasteiger partial charge in [-0.3, -0.25) is 4.99 Å². The zero-order valence-corrected chi connectivity index (χ0v) is 8.04. The fourth-order valence-corrected chi connectivity index (χ4v) is 0.704. The van der Waals surface area contributed by atoms with Gasteiger partial charge in [0.25, 0.3) is 0 Å². The van der Waals surface area contributed by atoms with E-state index >= 15 is 0 Å². The van der Waals surface area contributed by atoms with Crippen LogP contribution >= 0.6 is 0 Å². The van der Waals surface area contributed by atoms with Crippen molar-refractivity contribution in [2.75, 3.05) is 0 Å². The van der Waals surface area contributed by atoms with E-state index in [0.717, 1.165) is 6.42 Å². The molecule has 0 heterocycles. The highest BCUT2D eigenvalue weighted by atomic mass is 14.7. The third-order valence-corrected chi connectivity index (χ3v) is 1.30. The fourth-order valence-electron chi connectivity index (χ4n) is 0.704. The molecule has 0 aliphatic heterocycles. The SMILES string of the molecule is CCC=NC(C)/C=C/C(C)C. The third kappa shape index (κ3) is 7.31. The molecule has 0 spiro atoms. The van der Waals surface area contributed by atoms with Crippen molar-refractivity contribution in [3.05, 3.63) is 12.2 Å². The van der Waals surface area contributed by atoms with Gasteiger partial charge in [-0.25, -0.2) is 0 Å². The summed E-state index contributed by atoms with van der Waals surface area (Å²) in [5, 5.41) is 0. The van der Waals surface area contributed by atoms with E-state index in [1.54, 1.807) is 0 Å². The third-order valence-electron chi connectivity index (χ3n) is 1.30. The van der Waals surface area contributed by atoms with Crippen LogP contribution in [0.5, 0.6) is 0 Å². The summed E-state index contributed by atoms with van der Waals surface area (Å²) in [5.74, 6) is 0.634. The maximum Gasteiger partial charge on any atom is 0.0647 e. The van der Waals surface area contributed by atoms with Gasteiger partial charge in [-0.05, 0) is 25.5 Å². The van der Waals surface area contributed by atoms with E-state index < -0.39 is 0 Å². The molecule has 0 aromatic rings. The summed E-state index contributed by atoms with van der Waals surface area (Å²) in [6.45, 7) is 8.55. The Hall–Kier alpha value is -0.590. The van der Waals surface area contributed by atoms with Gasteiger partial charge in [-0.1, -0.05) is 32.9 Å². The van der Waals surface area contributed by atoms with Crippen LogP contribution in [-0.2, 0) is 0 Å². The first-order valence-electron chi connectivity index (χ1n) is 4.36. The minimum Gasteiger partial charge on any atom is -0.290 e. The molecule has 0 aliphatic carbocycles. The molecule has 0 N–H and O–H groups in total. The number of allylic oxidation sites excluding steroid dienone is 1. The number of rotatable bonds is 4. The summed E-state index contributed by atoms with van der Waals surface area (Å²) in [4.78, 5) is 4.30. The molecule has 0 aromatic carbocycles. The molecule has 0 aliphatic rings. The van der Waals surface area contributed by atoms with E-state index in [1.807, 2.05) is 6.21 Å². The summed E-state index contributed by atoms with van der Waals surface area (Å²) in [6, 6.07) is 0.345. The predicted molar refractivity (Wildman–Crippen MR) is 52.2 cm³/mol. The molecular formula is C10H19N. The van der Waals surface area contributed by atoms with Crippen LogP contribution in [0.4, 0.5) is 0 Å². The van der Waals surface area contributed by atoms with E-state index in [4.69, 9.17) is 0 Å². The summed E-state index contributed by atoms with van der Waals surface area (Å²) in [7, 11) is 0. The normalized spacial score (nSPS) is 15.4. The van der Waals surface area contributed by atoms with E-state index in [1.165, 1.54) is 0 Å². The van der Waals surface area contributed by atoms with Crippen molar-refractivity contribution in [1.82, 2.24) is 0 Å². The zero-order valence-electron chi connectivity index (χ0n) is 8.04. The van der Waals surface area contributed by atoms with Gasteiger partial charge < -0.3 is 0 Å². The molecule has 0 amide bonds. The van der Waals surface area contributed by atoms with Crippen LogP contribution in [-0.4, -0.2) is 12.3 Å². The number of hydrogen-bond acceptors (Lipinski definition) is 1. The summed E-state index contributed by atoms with van der Waals surface area (Å²) in [6.07, 6.45) is 7.34. The lowest BCUT2D eigenvalue weighted by Crippen LogP contribution is -1.93. The molecule has 1 unspecified atom stereocenters. The van der Waals surface area contributed by atoms with Crippen molar-refractivity contribution in [3.8, 4) is 0 Å². The lowest BCUT2D eigenvalue weighted by atomic mass is 10.2. The largest absolute Gasteiger partial charge is 0.290 e. The summed E-state index contributed by atoms with van der Waals surface area (Å²) in [5.41, 5.74) is 0. The maximum absolute atomic E-state index is 4.30. The Balaban J connectivity index is 3.67. The molecule has 1 heteroatoms. The van der Waals surface area contributed by atoms with Gasteiger partial charge in [0.05, 0.1) is 6.04 Å². The first kappa shape index (κ1) is 10.4. The highest BCUT2D eigenvalue weighted by molar-refractivity contribution is 5.57. The smallest absolute Gasteiger partial charge is 0.0647 e. The molecule has 0 fully saturated rings. The predicted octanol–water partition coefficient (Wildman–Crippen LogP) is 3.07. The molecule has 0 aromatic heterocycles. The van der Waals surface area contributed by atoms with Gasteiger partial charge >= 0.3 is 0 Å². The molecule has 0 radical (unpaired) electrons. The van der Waals surface area contributed by atoms with Gasteiger partial charge in [-0.15, -0.1) is 0 Å². The maximum atomic E-state index is 4.30. The van der Waals surface area contributed by atoms with Crippen LogP contribution in [0.2, 0.25) is 0 Å². The summed E-state index contributed by atoms with van der Waals surface area (Å²) >= 11 is 0. The van der Waals surface area contributed by atoms with E-state index in [-0.39, 0.29) is 0 Å². The van der Waals surface area contributed by atoms with E-state index in [0.29, 0.717) is 12.0 Å². The standard InChI is InChI=1S/C10H19N/c1-5-8-11-10(4)7-6-9(2)3/h6-10H,5H2,1-4H3/b7-6+,11-8?. The summed E-state index contributed by atoms with van der Waals surface area (Å²) < 4.78 is 0. The average Bonchev–Trinajstić information content (AvgIpc) is 1.97. The number of nitrogens with zero attached hydrogens (tertiary/aromatic N) is 1. The minimum atomic E-state index is 0.345. The van der Waals surface area contributed by atoms with Gasteiger partial charge in [-0.2, -0.15) is 0 Å². The van der Waals surface area contributed by atoms with Crippen LogP contribution in [0.15, 0.2) is 17.1 Å². The molecule has 1 atom stereocenters. The van der Waals surface area contributed by atoms with E-state index in [9.17, 15) is 0 Å². The molecule has 0 bridgehead atoms. The monoisotopic (exact) mass is 153 g/mol. The van der Waals surface area contributed by atoms with Crippen molar-refractivity contribution in [1.29, 1.82) is 0 Å². The van der Waals surface area contributed by atoms with Gasteiger partial charge in [0.15, 0.2) is 0 Å². The highest BCUT2D eigenvalue weighted by Gasteiger charge is 1.89. The Morgan fingerprint density at radius 3 is 2.27 bits per heavy atom. The number of aliphatic imine (C=N–C) groups is 1. The van der Waals surface area contributed by atoms with Crippen molar-refractivity contribution in [2.45, 2.75) is 40.2 Å². The van der Waals surface area contributed by atoms with Crippen molar-refractivity contribution >= 4 is 6.21 Å². The quantitative estimate of drug-likeness (QED) is 0.435. The molecule has 11 heavy (non-hydrogen) atoms. The average molecular weight is 153 g/mol. The second-order valence-electron chi connectivity index (χ2n) is 3.11. The Morgan fingerprint density at radius 1 is 1.18 bits per heavy atom. The number of hydrogen-bond donors (Lipinski definition) is 0. The first-order valence-corrected chi connectivity index (χ1v) is 4.36. The zero-order chi connectivity index (χ0) is 8.69. The molecular weight excluding hydrogens is 134 g/mol. The van der Waals surface area contributed by atoms with Crippen molar-refractivity contribution < 1.29 is 0 Å². The van der Waals surface area contributed by atoms with Crippen LogP contribution in [0.3, 0.4) is 0 Å². The Morgan fingerprint density at radius 2 is 1.82 bits per heavy atom. The molecule has 0 saturated heterocycles. The molecule has 64 valence electrons. The van der Waals surface area contributed by atoms with Crippen molar-refractivity contribution in [3.63, 3.8) is 0 Å². The Labute approximate surface area is 70.2 Å². The second kappa shape index (κ2) is 6.14. The van der Waals surface area contributed by atoms with Crippen molar-refractivity contribution in [2.24, 2.45) is 10.9 Å². The lowest BCUT2D eigenvalue weighted by molar-refractivity contribution is 0.812. The Bertz CT molecular complexity index is 134. The highest BCUT2D eigenvalue weighted by Crippen LogP contribution is 1.98. The van der Waals surface area contributed by atoms with Gasteiger partial charge in [0.1, 0.15) is 0 Å². The second-order valence-corrected chi connectivity index (χ2v) is 3.11. The Kier molecular flexibility index (Phi) is 5.81. The molecule has 0 saturated carbocycles. The fraction of sp³-hybridized carbons (Fsp3) is 0.700. The minimum absolute atomic E-state index is 0.345. The molecule has 0 rings (SSSR count). The van der Waals surface area contributed by atoms with Gasteiger partial charge in [0.2, 0.25) is 0 Å². The topological polar surface area (TPSA) is 12.4 Å². The van der Waals surface area contributed by atoms with Crippen LogP contribution in [0.25, 0.3) is 0 Å². The van der Waals surface area contributed by atoms with Crippen LogP contribution in [0, 0.1) is 5.92 Å². The molecule has 1 nitrogen and oxygen atoms in total.